The number of aliphatic imine (C=N–C) groups is 1. The van der Waals surface area contributed by atoms with Crippen LogP contribution < -0.4 is 0 Å². The van der Waals surface area contributed by atoms with Gasteiger partial charge < -0.3 is 4.90 Å². The highest BCUT2D eigenvalue weighted by Crippen LogP contribution is 2.24. The summed E-state index contributed by atoms with van der Waals surface area (Å²) in [6, 6.07) is 9.09. The van der Waals surface area contributed by atoms with Gasteiger partial charge in [-0.1, -0.05) is 30.3 Å². The third kappa shape index (κ3) is 2.35. The largest absolute Gasteiger partial charge is 0.449 e. The maximum Gasteiger partial charge on any atom is 0.449 e. The summed E-state index contributed by atoms with van der Waals surface area (Å²) in [5.41, 5.74) is 0.862. The van der Waals surface area contributed by atoms with Crippen molar-refractivity contribution in [1.29, 1.82) is 0 Å². The van der Waals surface area contributed by atoms with Crippen LogP contribution in [-0.2, 0) is 6.54 Å². The Kier molecular flexibility index (Phi) is 2.85. The molecule has 1 heterocycles. The van der Waals surface area contributed by atoms with Gasteiger partial charge in [0.25, 0.3) is 0 Å². The van der Waals surface area contributed by atoms with Crippen LogP contribution in [0.15, 0.2) is 35.3 Å². The summed E-state index contributed by atoms with van der Waals surface area (Å²) in [5.74, 6) is -0.753. The zero-order valence-electron chi connectivity index (χ0n) is 8.54. The second kappa shape index (κ2) is 4.15. The van der Waals surface area contributed by atoms with Crippen LogP contribution in [-0.4, -0.2) is 30.0 Å². The lowest BCUT2D eigenvalue weighted by Crippen LogP contribution is -2.37. The molecule has 1 aliphatic heterocycles. The van der Waals surface area contributed by atoms with Crippen molar-refractivity contribution in [2.75, 3.05) is 13.1 Å². The summed E-state index contributed by atoms with van der Waals surface area (Å²) in [6.07, 6.45) is -4.34. The molecule has 0 unspecified atom stereocenters. The number of hydrogen-bond donors (Lipinski definition) is 0. The predicted octanol–water partition coefficient (Wildman–Crippen LogP) is 2.46. The second-order valence-corrected chi connectivity index (χ2v) is 3.61. The number of amidine groups is 1. The Morgan fingerprint density at radius 3 is 2.50 bits per heavy atom. The summed E-state index contributed by atoms with van der Waals surface area (Å²) < 4.78 is 37.6. The van der Waals surface area contributed by atoms with Gasteiger partial charge in [0.05, 0.1) is 6.54 Å². The highest BCUT2D eigenvalue weighted by atomic mass is 19.4. The minimum Gasteiger partial charge on any atom is -0.347 e. The summed E-state index contributed by atoms with van der Waals surface area (Å²) in [7, 11) is 0. The first-order valence-electron chi connectivity index (χ1n) is 4.98. The van der Waals surface area contributed by atoms with Crippen molar-refractivity contribution >= 4 is 5.84 Å². The van der Waals surface area contributed by atoms with E-state index in [-0.39, 0.29) is 13.1 Å². The SMILES string of the molecule is FC(F)(F)C1=NCCN1Cc1ccccc1. The van der Waals surface area contributed by atoms with Gasteiger partial charge in [-0.2, -0.15) is 13.2 Å². The molecular weight excluding hydrogens is 217 g/mol. The quantitative estimate of drug-likeness (QED) is 0.759. The molecule has 0 saturated heterocycles. The molecule has 1 aromatic carbocycles. The van der Waals surface area contributed by atoms with Crippen LogP contribution in [0.1, 0.15) is 5.56 Å². The van der Waals surface area contributed by atoms with Crippen LogP contribution in [0.3, 0.4) is 0 Å². The molecule has 0 radical (unpaired) electrons. The molecule has 0 amide bonds. The van der Waals surface area contributed by atoms with E-state index >= 15 is 0 Å². The van der Waals surface area contributed by atoms with Crippen LogP contribution in [0.5, 0.6) is 0 Å². The van der Waals surface area contributed by atoms with Gasteiger partial charge in [-0.25, -0.2) is 0 Å². The van der Waals surface area contributed by atoms with Gasteiger partial charge in [0.1, 0.15) is 0 Å². The Morgan fingerprint density at radius 1 is 1.19 bits per heavy atom. The summed E-state index contributed by atoms with van der Waals surface area (Å²) >= 11 is 0. The average Bonchev–Trinajstić information content (AvgIpc) is 2.67. The minimum atomic E-state index is -4.34. The third-order valence-corrected chi connectivity index (χ3v) is 2.40. The molecule has 86 valence electrons. The Hall–Kier alpha value is -1.52. The zero-order valence-corrected chi connectivity index (χ0v) is 8.54. The van der Waals surface area contributed by atoms with Crippen LogP contribution in [0, 0.1) is 0 Å². The van der Waals surface area contributed by atoms with Gasteiger partial charge in [-0.3, -0.25) is 4.99 Å². The molecule has 2 nitrogen and oxygen atoms in total. The lowest BCUT2D eigenvalue weighted by Gasteiger charge is -2.21. The van der Waals surface area contributed by atoms with Gasteiger partial charge in [-0.05, 0) is 5.56 Å². The number of halogens is 3. The van der Waals surface area contributed by atoms with Gasteiger partial charge in [-0.15, -0.1) is 0 Å². The average molecular weight is 228 g/mol. The van der Waals surface area contributed by atoms with Crippen LogP contribution in [0.25, 0.3) is 0 Å². The molecule has 0 atom stereocenters. The van der Waals surface area contributed by atoms with E-state index in [1.807, 2.05) is 30.3 Å². The predicted molar refractivity (Wildman–Crippen MR) is 55.2 cm³/mol. The Bertz CT molecular complexity index is 384. The van der Waals surface area contributed by atoms with E-state index in [4.69, 9.17) is 0 Å². The van der Waals surface area contributed by atoms with Gasteiger partial charge in [0.2, 0.25) is 5.84 Å². The maximum absolute atomic E-state index is 12.5. The fraction of sp³-hybridized carbons (Fsp3) is 0.364. The molecule has 0 saturated carbocycles. The lowest BCUT2D eigenvalue weighted by molar-refractivity contribution is -0.0676. The lowest BCUT2D eigenvalue weighted by atomic mass is 10.2. The van der Waals surface area contributed by atoms with Gasteiger partial charge in [0.15, 0.2) is 0 Å². The van der Waals surface area contributed by atoms with E-state index in [2.05, 4.69) is 4.99 Å². The molecule has 0 aliphatic carbocycles. The monoisotopic (exact) mass is 228 g/mol. The topological polar surface area (TPSA) is 15.6 Å². The first kappa shape index (κ1) is 11.0. The van der Waals surface area contributed by atoms with Crippen molar-refractivity contribution in [2.24, 2.45) is 4.99 Å². The maximum atomic E-state index is 12.5. The van der Waals surface area contributed by atoms with Gasteiger partial charge in [0, 0.05) is 13.1 Å². The van der Waals surface area contributed by atoms with E-state index in [9.17, 15) is 13.2 Å². The molecule has 0 spiro atoms. The molecule has 0 aromatic heterocycles. The molecule has 0 fully saturated rings. The smallest absolute Gasteiger partial charge is 0.347 e. The number of rotatable bonds is 2. The molecule has 1 aliphatic rings. The molecule has 0 bridgehead atoms. The highest BCUT2D eigenvalue weighted by molar-refractivity contribution is 5.88. The number of hydrogen-bond acceptors (Lipinski definition) is 2. The second-order valence-electron chi connectivity index (χ2n) is 3.61. The minimum absolute atomic E-state index is 0.224. The standard InChI is InChI=1S/C11H11F3N2/c12-11(13,14)10-15-6-7-16(10)8-9-4-2-1-3-5-9/h1-5H,6-8H2. The van der Waals surface area contributed by atoms with Crippen molar-refractivity contribution in [2.45, 2.75) is 12.7 Å². The summed E-state index contributed by atoms with van der Waals surface area (Å²) in [5, 5.41) is 0. The summed E-state index contributed by atoms with van der Waals surface area (Å²) in [6.45, 7) is 0.824. The molecule has 0 N–H and O–H groups in total. The van der Waals surface area contributed by atoms with Crippen molar-refractivity contribution in [1.82, 2.24) is 4.90 Å². The van der Waals surface area contributed by atoms with Crippen molar-refractivity contribution in [3.63, 3.8) is 0 Å². The number of alkyl halides is 3. The Morgan fingerprint density at radius 2 is 1.88 bits per heavy atom. The number of benzene rings is 1. The zero-order chi connectivity index (χ0) is 11.6. The van der Waals surface area contributed by atoms with Gasteiger partial charge >= 0.3 is 6.18 Å². The van der Waals surface area contributed by atoms with E-state index in [1.165, 1.54) is 4.90 Å². The third-order valence-electron chi connectivity index (χ3n) is 2.40. The highest BCUT2D eigenvalue weighted by Gasteiger charge is 2.41. The number of nitrogens with zero attached hydrogens (tertiary/aromatic N) is 2. The molecule has 5 heteroatoms. The van der Waals surface area contributed by atoms with Crippen LogP contribution in [0.2, 0.25) is 0 Å². The fourth-order valence-corrected chi connectivity index (χ4v) is 1.71. The first-order chi connectivity index (χ1) is 7.57. The molecular formula is C11H11F3N2. The van der Waals surface area contributed by atoms with Crippen LogP contribution >= 0.6 is 0 Å². The van der Waals surface area contributed by atoms with E-state index in [1.54, 1.807) is 0 Å². The fourth-order valence-electron chi connectivity index (χ4n) is 1.71. The molecule has 2 rings (SSSR count). The Balaban J connectivity index is 2.09. The molecule has 1 aromatic rings. The van der Waals surface area contributed by atoms with Crippen molar-refractivity contribution in [3.05, 3.63) is 35.9 Å². The first-order valence-corrected chi connectivity index (χ1v) is 4.98. The van der Waals surface area contributed by atoms with E-state index in [0.717, 1.165) is 5.56 Å². The van der Waals surface area contributed by atoms with Crippen molar-refractivity contribution < 1.29 is 13.2 Å². The van der Waals surface area contributed by atoms with Crippen LogP contribution in [0.4, 0.5) is 13.2 Å². The Labute approximate surface area is 91.4 Å². The normalized spacial score (nSPS) is 16.4. The van der Waals surface area contributed by atoms with E-state index in [0.29, 0.717) is 6.54 Å². The summed E-state index contributed by atoms with van der Waals surface area (Å²) in [4.78, 5) is 4.78. The van der Waals surface area contributed by atoms with Crippen molar-refractivity contribution in [3.8, 4) is 0 Å². The van der Waals surface area contributed by atoms with E-state index < -0.39 is 12.0 Å². The molecule has 16 heavy (non-hydrogen) atoms.